The quantitative estimate of drug-likeness (QED) is 0.895. The molecule has 16 heavy (non-hydrogen) atoms. The fourth-order valence-electron chi connectivity index (χ4n) is 1.33. The summed E-state index contributed by atoms with van der Waals surface area (Å²) in [7, 11) is 1.85. The maximum absolute atomic E-state index is 6.03. The average molecular weight is 259 g/mol. The lowest BCUT2D eigenvalue weighted by Crippen LogP contribution is -2.33. The molecule has 2 rings (SSSR count). The molecule has 5 heteroatoms. The number of benzene rings is 1. The second kappa shape index (κ2) is 3.91. The van der Waals surface area contributed by atoms with E-state index in [0.717, 1.165) is 0 Å². The van der Waals surface area contributed by atoms with Crippen LogP contribution in [0.3, 0.4) is 0 Å². The van der Waals surface area contributed by atoms with E-state index in [1.807, 2.05) is 20.9 Å². The van der Waals surface area contributed by atoms with Crippen molar-refractivity contribution in [2.45, 2.75) is 19.4 Å². The summed E-state index contributed by atoms with van der Waals surface area (Å²) in [6.45, 7) is 3.96. The molecule has 3 nitrogen and oxygen atoms in total. The maximum Gasteiger partial charge on any atom is 0.215 e. The van der Waals surface area contributed by atoms with Crippen LogP contribution in [-0.2, 0) is 5.54 Å². The van der Waals surface area contributed by atoms with E-state index in [1.54, 1.807) is 12.1 Å². The number of hydrogen-bond acceptors (Lipinski definition) is 3. The first-order valence-corrected chi connectivity index (χ1v) is 5.64. The van der Waals surface area contributed by atoms with Crippen LogP contribution in [0.25, 0.3) is 11.1 Å². The summed E-state index contributed by atoms with van der Waals surface area (Å²) < 4.78 is 5.65. The fraction of sp³-hybridized carbons (Fsp3) is 0.364. The topological polar surface area (TPSA) is 38.1 Å². The van der Waals surface area contributed by atoms with E-state index in [-0.39, 0.29) is 5.54 Å². The Morgan fingerprint density at radius 1 is 1.31 bits per heavy atom. The highest BCUT2D eigenvalue weighted by Gasteiger charge is 2.25. The smallest absolute Gasteiger partial charge is 0.215 e. The second-order valence-electron chi connectivity index (χ2n) is 4.13. The van der Waals surface area contributed by atoms with Crippen molar-refractivity contribution in [1.29, 1.82) is 0 Å². The Bertz CT molecular complexity index is 534. The summed E-state index contributed by atoms with van der Waals surface area (Å²) >= 11 is 11.9. The zero-order chi connectivity index (χ0) is 11.9. The normalized spacial score (nSPS) is 12.3. The molecule has 0 bridgehead atoms. The van der Waals surface area contributed by atoms with Crippen LogP contribution in [0.1, 0.15) is 19.7 Å². The molecule has 0 unspecified atom stereocenters. The van der Waals surface area contributed by atoms with Gasteiger partial charge in [0.25, 0.3) is 0 Å². The molecule has 0 fully saturated rings. The van der Waals surface area contributed by atoms with Crippen molar-refractivity contribution < 1.29 is 4.42 Å². The Hall–Kier alpha value is -0.770. The highest BCUT2D eigenvalue weighted by molar-refractivity contribution is 6.37. The van der Waals surface area contributed by atoms with E-state index in [9.17, 15) is 0 Å². The van der Waals surface area contributed by atoms with Crippen LogP contribution in [0.15, 0.2) is 16.5 Å². The van der Waals surface area contributed by atoms with Crippen molar-refractivity contribution in [3.8, 4) is 0 Å². The van der Waals surface area contributed by atoms with Crippen molar-refractivity contribution >= 4 is 34.3 Å². The number of oxazole rings is 1. The summed E-state index contributed by atoms with van der Waals surface area (Å²) in [6.07, 6.45) is 0. The first-order valence-electron chi connectivity index (χ1n) is 4.89. The highest BCUT2D eigenvalue weighted by atomic mass is 35.5. The lowest BCUT2D eigenvalue weighted by molar-refractivity contribution is 0.338. The molecule has 0 saturated carbocycles. The molecular weight excluding hydrogens is 247 g/mol. The Morgan fingerprint density at radius 3 is 2.62 bits per heavy atom. The van der Waals surface area contributed by atoms with Gasteiger partial charge in [0, 0.05) is 5.02 Å². The SMILES string of the molecule is CNC(C)(C)c1nc2cc(Cl)cc(Cl)c2o1. The minimum absolute atomic E-state index is 0.338. The van der Waals surface area contributed by atoms with Crippen LogP contribution in [-0.4, -0.2) is 12.0 Å². The van der Waals surface area contributed by atoms with Gasteiger partial charge in [-0.2, -0.15) is 0 Å². The molecule has 1 N–H and O–H groups in total. The van der Waals surface area contributed by atoms with Gasteiger partial charge >= 0.3 is 0 Å². The van der Waals surface area contributed by atoms with Crippen LogP contribution >= 0.6 is 23.2 Å². The molecule has 0 saturated heterocycles. The van der Waals surface area contributed by atoms with Crippen LogP contribution in [0.2, 0.25) is 10.0 Å². The van der Waals surface area contributed by atoms with Crippen molar-refractivity contribution in [2.24, 2.45) is 0 Å². The monoisotopic (exact) mass is 258 g/mol. The number of hydrogen-bond donors (Lipinski definition) is 1. The highest BCUT2D eigenvalue weighted by Crippen LogP contribution is 2.31. The van der Waals surface area contributed by atoms with Gasteiger partial charge in [0.15, 0.2) is 5.58 Å². The standard InChI is InChI=1S/C11H12Cl2N2O/c1-11(2,14-3)10-15-8-5-6(12)4-7(13)9(8)16-10/h4-5,14H,1-3H3. The minimum Gasteiger partial charge on any atom is -0.437 e. The summed E-state index contributed by atoms with van der Waals surface area (Å²) in [5, 5.41) is 4.16. The Morgan fingerprint density at radius 2 is 2.00 bits per heavy atom. The number of nitrogens with one attached hydrogen (secondary N) is 1. The Labute approximate surface area is 104 Å². The van der Waals surface area contributed by atoms with Gasteiger partial charge in [-0.1, -0.05) is 23.2 Å². The minimum atomic E-state index is -0.338. The molecular formula is C11H12Cl2N2O. The molecule has 0 atom stereocenters. The lowest BCUT2D eigenvalue weighted by Gasteiger charge is -2.18. The first kappa shape index (κ1) is 11.7. The zero-order valence-corrected chi connectivity index (χ0v) is 10.8. The third-order valence-electron chi connectivity index (χ3n) is 2.57. The molecule has 0 aliphatic heterocycles. The van der Waals surface area contributed by atoms with E-state index in [2.05, 4.69) is 10.3 Å². The molecule has 0 radical (unpaired) electrons. The van der Waals surface area contributed by atoms with Gasteiger partial charge in [0.05, 0.1) is 10.6 Å². The van der Waals surface area contributed by atoms with Gasteiger partial charge in [-0.15, -0.1) is 0 Å². The summed E-state index contributed by atoms with van der Waals surface area (Å²) in [5.41, 5.74) is 0.912. The number of rotatable bonds is 2. The van der Waals surface area contributed by atoms with Gasteiger partial charge in [-0.3, -0.25) is 0 Å². The third kappa shape index (κ3) is 1.90. The third-order valence-corrected chi connectivity index (χ3v) is 3.07. The van der Waals surface area contributed by atoms with Crippen molar-refractivity contribution in [3.63, 3.8) is 0 Å². The van der Waals surface area contributed by atoms with E-state index >= 15 is 0 Å². The van der Waals surface area contributed by atoms with Gasteiger partial charge in [-0.25, -0.2) is 4.98 Å². The van der Waals surface area contributed by atoms with Crippen molar-refractivity contribution in [1.82, 2.24) is 10.3 Å². The molecule has 86 valence electrons. The van der Waals surface area contributed by atoms with Gasteiger partial charge < -0.3 is 9.73 Å². The molecule has 0 aliphatic rings. The van der Waals surface area contributed by atoms with Gasteiger partial charge in [0.1, 0.15) is 5.52 Å². The lowest BCUT2D eigenvalue weighted by atomic mass is 10.1. The maximum atomic E-state index is 6.03. The number of fused-ring (bicyclic) bond motifs is 1. The van der Waals surface area contributed by atoms with E-state index in [0.29, 0.717) is 27.0 Å². The molecule has 0 amide bonds. The summed E-state index contributed by atoms with van der Waals surface area (Å²) in [6, 6.07) is 3.38. The van der Waals surface area contributed by atoms with E-state index in [1.165, 1.54) is 0 Å². The molecule has 1 aromatic heterocycles. The number of aromatic nitrogens is 1. The number of halogens is 2. The summed E-state index contributed by atoms with van der Waals surface area (Å²) in [5.74, 6) is 0.592. The van der Waals surface area contributed by atoms with Crippen molar-refractivity contribution in [2.75, 3.05) is 7.05 Å². The van der Waals surface area contributed by atoms with Crippen LogP contribution < -0.4 is 5.32 Å². The predicted molar refractivity (Wildman–Crippen MR) is 66.1 cm³/mol. The summed E-state index contributed by atoms with van der Waals surface area (Å²) in [4.78, 5) is 4.38. The molecule has 1 aromatic carbocycles. The second-order valence-corrected chi connectivity index (χ2v) is 4.97. The molecule has 2 aromatic rings. The molecule has 1 heterocycles. The van der Waals surface area contributed by atoms with Crippen molar-refractivity contribution in [3.05, 3.63) is 28.1 Å². The largest absolute Gasteiger partial charge is 0.437 e. The number of nitrogens with zero attached hydrogens (tertiary/aromatic N) is 1. The van der Waals surface area contributed by atoms with E-state index < -0.39 is 0 Å². The van der Waals surface area contributed by atoms with Gasteiger partial charge in [-0.05, 0) is 33.0 Å². The Kier molecular flexibility index (Phi) is 2.86. The zero-order valence-electron chi connectivity index (χ0n) is 9.27. The fourth-order valence-corrected chi connectivity index (χ4v) is 1.86. The van der Waals surface area contributed by atoms with Crippen LogP contribution in [0, 0.1) is 0 Å². The molecule has 0 aliphatic carbocycles. The molecule has 0 spiro atoms. The van der Waals surface area contributed by atoms with E-state index in [4.69, 9.17) is 27.6 Å². The predicted octanol–water partition coefficient (Wildman–Crippen LogP) is 3.59. The van der Waals surface area contributed by atoms with Crippen LogP contribution in [0.4, 0.5) is 0 Å². The first-order chi connectivity index (χ1) is 7.44. The average Bonchev–Trinajstić information content (AvgIpc) is 2.62. The Balaban J connectivity index is 2.65. The van der Waals surface area contributed by atoms with Gasteiger partial charge in [0.2, 0.25) is 5.89 Å². The van der Waals surface area contributed by atoms with Crippen LogP contribution in [0.5, 0.6) is 0 Å².